The monoisotopic (exact) mass is 890 g/mol. The smallest absolute Gasteiger partial charge is 0.306 e. The van der Waals surface area contributed by atoms with Gasteiger partial charge in [-0.05, 0) is 77.0 Å². The molecule has 6 heteroatoms. The summed E-state index contributed by atoms with van der Waals surface area (Å²) in [5.74, 6) is -2.97. The molecule has 0 fully saturated rings. The van der Waals surface area contributed by atoms with E-state index in [1.54, 1.807) is 0 Å². The van der Waals surface area contributed by atoms with Gasteiger partial charge < -0.3 is 14.2 Å². The van der Waals surface area contributed by atoms with Gasteiger partial charge in [0.1, 0.15) is 13.1 Å². The van der Waals surface area contributed by atoms with Crippen molar-refractivity contribution >= 4 is 17.9 Å². The molecular weight excluding hydrogens is 781 g/mol. The van der Waals surface area contributed by atoms with Gasteiger partial charge in [0.25, 0.3) is 0 Å². The van der Waals surface area contributed by atoms with Crippen molar-refractivity contribution in [1.29, 1.82) is 0 Å². The van der Waals surface area contributed by atoms with Gasteiger partial charge in [-0.15, -0.1) is 0 Å². The predicted octanol–water partition coefficient (Wildman–Crippen LogP) is 18.1. The first-order valence-corrected chi connectivity index (χ1v) is 27.0. The van der Waals surface area contributed by atoms with Crippen molar-refractivity contribution in [2.45, 2.75) is 297 Å². The molecule has 0 aromatic heterocycles. The van der Waals surface area contributed by atoms with Crippen LogP contribution in [0.1, 0.15) is 297 Å². The summed E-state index contributed by atoms with van der Waals surface area (Å²) in [7, 11) is 0. The molecular formula is C57H104O6. The number of ether oxygens (including phenoxy) is 3. The van der Waals surface area contributed by atoms with E-state index in [0.717, 1.165) is 103 Å². The average Bonchev–Trinajstić information content (AvgIpc) is 3.29. The van der Waals surface area contributed by atoms with Gasteiger partial charge in [0, 0.05) is 19.3 Å². The molecule has 6 nitrogen and oxygen atoms in total. The molecule has 0 radical (unpaired) electrons. The fraction of sp³-hybridized carbons (Fsp3) is 0.842. The van der Waals surface area contributed by atoms with Crippen LogP contribution in [0.2, 0.25) is 0 Å². The zero-order valence-electron chi connectivity index (χ0n) is 46.6. The van der Waals surface area contributed by atoms with Gasteiger partial charge in [-0.2, -0.15) is 0 Å². The fourth-order valence-electron chi connectivity index (χ4n) is 7.60. The van der Waals surface area contributed by atoms with Crippen molar-refractivity contribution in [3.05, 3.63) is 36.5 Å². The Hall–Kier alpha value is -2.37. The van der Waals surface area contributed by atoms with Crippen molar-refractivity contribution in [2.24, 2.45) is 0 Å². The van der Waals surface area contributed by atoms with Crippen molar-refractivity contribution in [3.8, 4) is 0 Å². The molecule has 0 unspecified atom stereocenters. The summed E-state index contributed by atoms with van der Waals surface area (Å²) in [6.45, 7) is -0.232. The van der Waals surface area contributed by atoms with Crippen LogP contribution in [-0.2, 0) is 28.6 Å². The van der Waals surface area contributed by atoms with Crippen molar-refractivity contribution < 1.29 is 35.4 Å². The van der Waals surface area contributed by atoms with Crippen molar-refractivity contribution in [2.75, 3.05) is 13.1 Å². The number of hydrogen-bond donors (Lipinski definition) is 0. The second-order valence-corrected chi connectivity index (χ2v) is 18.0. The van der Waals surface area contributed by atoms with Crippen LogP contribution in [0.4, 0.5) is 0 Å². The lowest BCUT2D eigenvalue weighted by molar-refractivity contribution is -0.167. The van der Waals surface area contributed by atoms with E-state index in [9.17, 15) is 14.4 Å². The highest BCUT2D eigenvalue weighted by atomic mass is 16.6. The number of hydrogen-bond acceptors (Lipinski definition) is 6. The third-order valence-corrected chi connectivity index (χ3v) is 11.7. The molecule has 0 aliphatic carbocycles. The van der Waals surface area contributed by atoms with Gasteiger partial charge >= 0.3 is 17.9 Å². The topological polar surface area (TPSA) is 78.9 Å². The molecule has 0 saturated heterocycles. The fourth-order valence-corrected chi connectivity index (χ4v) is 7.60. The van der Waals surface area contributed by atoms with Crippen LogP contribution < -0.4 is 0 Å². The Kier molecular flexibility index (Phi) is 42.8. The molecule has 0 aliphatic heterocycles. The van der Waals surface area contributed by atoms with E-state index in [1.807, 2.05) is 0 Å². The molecule has 0 amide bonds. The van der Waals surface area contributed by atoms with Gasteiger partial charge in [0.05, 0.1) is 6.85 Å². The predicted molar refractivity (Wildman–Crippen MR) is 270 cm³/mol. The normalized spacial score (nSPS) is 14.4. The van der Waals surface area contributed by atoms with E-state index in [1.165, 1.54) is 122 Å². The SMILES string of the molecule is [2H]C([2H])(OC(=O)CCCCCCC/C=C\C/C=C\CCCCC)[C@]([2H])(OC(=O)CCCCCCC/C=C\CCCCCCCC)C([2H])([2H])OC(=O)CCCCCCCCCCCCCCCCC. The summed E-state index contributed by atoms with van der Waals surface area (Å²) < 4.78 is 58.9. The highest BCUT2D eigenvalue weighted by molar-refractivity contribution is 5.71. The Morgan fingerprint density at radius 3 is 0.968 bits per heavy atom. The van der Waals surface area contributed by atoms with Crippen LogP contribution in [0.25, 0.3) is 0 Å². The lowest BCUT2D eigenvalue weighted by Crippen LogP contribution is -2.30. The number of carbonyl (C=O) groups is 3. The van der Waals surface area contributed by atoms with Crippen LogP contribution in [0, 0.1) is 0 Å². The van der Waals surface area contributed by atoms with Crippen LogP contribution in [0.5, 0.6) is 0 Å². The molecule has 0 aromatic carbocycles. The van der Waals surface area contributed by atoms with Crippen LogP contribution in [0.15, 0.2) is 36.5 Å². The zero-order chi connectivity index (χ0) is 50.3. The third-order valence-electron chi connectivity index (χ3n) is 11.7. The van der Waals surface area contributed by atoms with Gasteiger partial charge in [0.15, 0.2) is 6.08 Å². The summed E-state index contributed by atoms with van der Waals surface area (Å²) >= 11 is 0. The Bertz CT molecular complexity index is 1290. The molecule has 0 aliphatic rings. The summed E-state index contributed by atoms with van der Waals surface area (Å²) in [6, 6.07) is 0. The van der Waals surface area contributed by atoms with Crippen molar-refractivity contribution in [3.63, 3.8) is 0 Å². The Morgan fingerprint density at radius 1 is 0.365 bits per heavy atom. The van der Waals surface area contributed by atoms with Gasteiger partial charge in [-0.25, -0.2) is 0 Å². The lowest BCUT2D eigenvalue weighted by Gasteiger charge is -2.18. The highest BCUT2D eigenvalue weighted by Gasteiger charge is 2.19. The molecule has 0 heterocycles. The lowest BCUT2D eigenvalue weighted by atomic mass is 10.0. The second kappa shape index (κ2) is 52.3. The van der Waals surface area contributed by atoms with E-state index < -0.39 is 37.1 Å². The number of rotatable bonds is 50. The van der Waals surface area contributed by atoms with E-state index in [-0.39, 0.29) is 19.3 Å². The first-order valence-electron chi connectivity index (χ1n) is 29.5. The molecule has 63 heavy (non-hydrogen) atoms. The first kappa shape index (κ1) is 51.6. The van der Waals surface area contributed by atoms with Crippen LogP contribution in [0.3, 0.4) is 0 Å². The second-order valence-electron chi connectivity index (χ2n) is 18.0. The molecule has 368 valence electrons. The molecule has 0 N–H and O–H groups in total. The molecule has 0 aromatic rings. The first-order chi connectivity index (χ1) is 32.9. The summed E-state index contributed by atoms with van der Waals surface area (Å²) in [6.07, 6.45) is 51.5. The average molecular weight is 890 g/mol. The van der Waals surface area contributed by atoms with Gasteiger partial charge in [0.2, 0.25) is 0 Å². The highest BCUT2D eigenvalue weighted by Crippen LogP contribution is 2.16. The van der Waals surface area contributed by atoms with E-state index in [2.05, 4.69) is 57.2 Å². The number of esters is 3. The molecule has 0 spiro atoms. The summed E-state index contributed by atoms with van der Waals surface area (Å²) in [5, 5.41) is 0. The largest absolute Gasteiger partial charge is 0.462 e. The van der Waals surface area contributed by atoms with E-state index in [4.69, 9.17) is 21.1 Å². The number of unbranched alkanes of at least 4 members (excludes halogenated alkanes) is 33. The summed E-state index contributed by atoms with van der Waals surface area (Å²) in [4.78, 5) is 39.0. The maximum Gasteiger partial charge on any atom is 0.306 e. The molecule has 1 atom stereocenters. The number of allylic oxidation sites excluding steroid dienone is 6. The maximum absolute atomic E-state index is 13.1. The Morgan fingerprint density at radius 2 is 0.619 bits per heavy atom. The minimum Gasteiger partial charge on any atom is -0.462 e. The Balaban J connectivity index is 5.02. The molecule has 0 saturated carbocycles. The maximum atomic E-state index is 13.1. The minimum atomic E-state index is -3.50. The number of carbonyl (C=O) groups excluding carboxylic acids is 3. The van der Waals surface area contributed by atoms with Crippen LogP contribution in [-0.4, -0.2) is 37.1 Å². The zero-order valence-corrected chi connectivity index (χ0v) is 41.6. The van der Waals surface area contributed by atoms with Gasteiger partial charge in [-0.1, -0.05) is 231 Å². The third kappa shape index (κ3) is 50.5. The van der Waals surface area contributed by atoms with Crippen LogP contribution >= 0.6 is 0 Å². The van der Waals surface area contributed by atoms with Gasteiger partial charge in [-0.3, -0.25) is 14.4 Å². The van der Waals surface area contributed by atoms with E-state index >= 15 is 0 Å². The summed E-state index contributed by atoms with van der Waals surface area (Å²) in [5.41, 5.74) is 0. The Labute approximate surface area is 398 Å². The van der Waals surface area contributed by atoms with Crippen molar-refractivity contribution in [1.82, 2.24) is 0 Å². The standard InChI is InChI=1S/C57H104O6/c1-4-7-10-13-16-19-22-25-28-31-34-37-40-43-46-49-55(58)61-52-54(63-57(60)51-48-45-42-39-36-33-30-27-24-21-18-15-12-9-6-3)53-62-56(59)50-47-44-41-38-35-32-29-26-23-20-17-14-11-8-5-2/h16,19,25,27-28,30,54H,4-15,17-18,20-24,26,29,31-53H2,1-3H3/b19-16-,28-25-,30-27-/t54-/m0/s1/i52D2,53D2,54D. The molecule has 0 bridgehead atoms. The quantitative estimate of drug-likeness (QED) is 0.0262. The minimum absolute atomic E-state index is 0.133. The van der Waals surface area contributed by atoms with E-state index in [0.29, 0.717) is 25.7 Å². The molecule has 0 rings (SSSR count).